The summed E-state index contributed by atoms with van der Waals surface area (Å²) in [7, 11) is 0. The minimum atomic E-state index is -4.52. The molecule has 31 heavy (non-hydrogen) atoms. The number of carbonyl (C=O) groups excluding carboxylic acids is 2. The number of fused-ring (bicyclic) bond motifs is 1. The molecule has 0 unspecified atom stereocenters. The van der Waals surface area contributed by atoms with E-state index >= 15 is 0 Å². The number of carbonyl (C=O) groups is 2. The lowest BCUT2D eigenvalue weighted by Crippen LogP contribution is -2.38. The monoisotopic (exact) mass is 471 g/mol. The highest BCUT2D eigenvalue weighted by atomic mass is 35.5. The third-order valence-electron chi connectivity index (χ3n) is 4.40. The third-order valence-corrected chi connectivity index (χ3v) is 5.00. The Labute approximate surface area is 187 Å². The van der Waals surface area contributed by atoms with Gasteiger partial charge in [0.1, 0.15) is 5.60 Å². The molecule has 9 heteroatoms. The Morgan fingerprint density at radius 3 is 2.39 bits per heavy atom. The van der Waals surface area contributed by atoms with E-state index in [0.29, 0.717) is 10.6 Å². The molecule has 0 radical (unpaired) electrons. The number of halogens is 5. The fourth-order valence-electron chi connectivity index (χ4n) is 3.07. The van der Waals surface area contributed by atoms with Gasteiger partial charge in [0.2, 0.25) is 0 Å². The topological polar surface area (TPSA) is 46.6 Å². The Bertz CT molecular complexity index is 1090. The molecule has 0 saturated heterocycles. The summed E-state index contributed by atoms with van der Waals surface area (Å²) in [6.07, 6.45) is -4.00. The number of imide groups is 1. The number of hydrogen-bond acceptors (Lipinski definition) is 3. The predicted molar refractivity (Wildman–Crippen MR) is 113 cm³/mol. The summed E-state index contributed by atoms with van der Waals surface area (Å²) in [6, 6.07) is 7.57. The van der Waals surface area contributed by atoms with E-state index in [1.54, 1.807) is 32.9 Å². The molecule has 164 valence electrons. The Morgan fingerprint density at radius 2 is 1.77 bits per heavy atom. The molecule has 2 aromatic rings. The smallest absolute Gasteiger partial charge is 0.422 e. The Morgan fingerprint density at radius 1 is 1.10 bits per heavy atom. The first-order valence-corrected chi connectivity index (χ1v) is 9.96. The summed E-state index contributed by atoms with van der Waals surface area (Å²) in [5, 5.41) is 0.443. The van der Waals surface area contributed by atoms with Gasteiger partial charge < -0.3 is 4.74 Å². The van der Waals surface area contributed by atoms with Gasteiger partial charge in [-0.25, -0.2) is 9.69 Å². The van der Waals surface area contributed by atoms with Gasteiger partial charge in [0, 0.05) is 21.2 Å². The highest BCUT2D eigenvalue weighted by Gasteiger charge is 2.39. The quantitative estimate of drug-likeness (QED) is 0.446. The van der Waals surface area contributed by atoms with Gasteiger partial charge in [0.15, 0.2) is 0 Å². The van der Waals surface area contributed by atoms with Crippen LogP contribution in [0.2, 0.25) is 10.0 Å². The van der Waals surface area contributed by atoms with Gasteiger partial charge in [-0.15, -0.1) is 0 Å². The predicted octanol–water partition coefficient (Wildman–Crippen LogP) is 6.92. The molecule has 2 amide bonds. The zero-order valence-corrected chi connectivity index (χ0v) is 18.3. The van der Waals surface area contributed by atoms with Crippen molar-refractivity contribution in [1.82, 2.24) is 0 Å². The summed E-state index contributed by atoms with van der Waals surface area (Å²) >= 11 is 12.1. The van der Waals surface area contributed by atoms with Crippen LogP contribution < -0.4 is 4.90 Å². The van der Waals surface area contributed by atoms with Crippen LogP contribution in [0.1, 0.15) is 37.5 Å². The zero-order valence-electron chi connectivity index (χ0n) is 16.8. The number of anilines is 1. The number of hydrogen-bond donors (Lipinski definition) is 0. The van der Waals surface area contributed by atoms with E-state index in [4.69, 9.17) is 27.9 Å². The number of allylic oxidation sites excluding steroid dienone is 1. The lowest BCUT2D eigenvalue weighted by atomic mass is 10.0. The van der Waals surface area contributed by atoms with Crippen molar-refractivity contribution in [3.63, 3.8) is 0 Å². The molecular weight excluding hydrogens is 454 g/mol. The second-order valence-corrected chi connectivity index (χ2v) is 8.75. The van der Waals surface area contributed by atoms with Gasteiger partial charge in [-0.3, -0.25) is 4.79 Å². The summed E-state index contributed by atoms with van der Waals surface area (Å²) in [6.45, 7) is 4.99. The van der Waals surface area contributed by atoms with E-state index in [2.05, 4.69) is 0 Å². The molecular formula is C22H18Cl2F3NO3. The maximum absolute atomic E-state index is 13.0. The van der Waals surface area contributed by atoms with Crippen molar-refractivity contribution in [2.75, 3.05) is 4.90 Å². The van der Waals surface area contributed by atoms with Crippen LogP contribution in [0.4, 0.5) is 23.7 Å². The maximum Gasteiger partial charge on any atom is 0.422 e. The molecule has 0 bridgehead atoms. The molecule has 3 rings (SSSR count). The Balaban J connectivity index is 2.00. The van der Waals surface area contributed by atoms with Crippen LogP contribution >= 0.6 is 23.2 Å². The summed E-state index contributed by atoms with van der Waals surface area (Å²) in [5.74, 6) is -0.658. The largest absolute Gasteiger partial charge is 0.443 e. The highest BCUT2D eigenvalue weighted by Crippen LogP contribution is 2.40. The van der Waals surface area contributed by atoms with Crippen molar-refractivity contribution in [3.05, 3.63) is 69.2 Å². The van der Waals surface area contributed by atoms with E-state index in [0.717, 1.165) is 23.1 Å². The molecule has 1 heterocycles. The number of ether oxygens (including phenoxy) is 1. The molecule has 2 aromatic carbocycles. The molecule has 0 fully saturated rings. The van der Waals surface area contributed by atoms with E-state index in [1.165, 1.54) is 12.1 Å². The van der Waals surface area contributed by atoms with E-state index in [9.17, 15) is 22.8 Å². The van der Waals surface area contributed by atoms with Crippen LogP contribution in [0, 0.1) is 0 Å². The summed E-state index contributed by atoms with van der Waals surface area (Å²) in [5.41, 5.74) is -0.676. The average Bonchev–Trinajstić information content (AvgIpc) is 2.89. The van der Waals surface area contributed by atoms with Crippen LogP contribution in [0.25, 0.3) is 5.57 Å². The van der Waals surface area contributed by atoms with Crippen molar-refractivity contribution in [1.29, 1.82) is 0 Å². The van der Waals surface area contributed by atoms with Crippen molar-refractivity contribution in [3.8, 4) is 0 Å². The van der Waals surface area contributed by atoms with Gasteiger partial charge >= 0.3 is 12.3 Å². The number of nitrogens with zero attached hydrogens (tertiary/aromatic N) is 1. The molecule has 4 nitrogen and oxygen atoms in total. The molecule has 0 aliphatic carbocycles. The third kappa shape index (κ3) is 5.05. The highest BCUT2D eigenvalue weighted by molar-refractivity contribution is 6.40. The minimum Gasteiger partial charge on any atom is -0.443 e. The first kappa shape index (κ1) is 23.2. The molecule has 1 aliphatic rings. The van der Waals surface area contributed by atoms with E-state index < -0.39 is 29.3 Å². The van der Waals surface area contributed by atoms with Gasteiger partial charge in [-0.2, -0.15) is 13.2 Å². The number of amides is 2. The van der Waals surface area contributed by atoms with Crippen LogP contribution in [0.5, 0.6) is 0 Å². The first-order valence-electron chi connectivity index (χ1n) is 9.21. The molecule has 0 atom stereocenters. The van der Waals surface area contributed by atoms with Crippen molar-refractivity contribution in [2.24, 2.45) is 0 Å². The van der Waals surface area contributed by atoms with Gasteiger partial charge in [0.05, 0.1) is 11.3 Å². The average molecular weight is 472 g/mol. The SMILES string of the molecule is CC(C)(C)OC(=O)N1C(=O)/C(=C/Cc2cc(C(F)(F)F)ccc2Cl)c2ccc(Cl)cc21. The van der Waals surface area contributed by atoms with E-state index in [1.807, 2.05) is 0 Å². The second-order valence-electron chi connectivity index (χ2n) is 7.91. The zero-order chi connectivity index (χ0) is 23.1. The lowest BCUT2D eigenvalue weighted by molar-refractivity contribution is -0.137. The van der Waals surface area contributed by atoms with Crippen LogP contribution in [0.3, 0.4) is 0 Å². The maximum atomic E-state index is 13.0. The van der Waals surface area contributed by atoms with Crippen molar-refractivity contribution >= 4 is 46.5 Å². The van der Waals surface area contributed by atoms with Crippen molar-refractivity contribution in [2.45, 2.75) is 39.0 Å². The molecule has 0 spiro atoms. The van der Waals surface area contributed by atoms with Crippen LogP contribution in [-0.4, -0.2) is 17.6 Å². The van der Waals surface area contributed by atoms with Crippen LogP contribution in [-0.2, 0) is 22.1 Å². The molecule has 1 aliphatic heterocycles. The molecule has 0 aromatic heterocycles. The van der Waals surface area contributed by atoms with Gasteiger partial charge in [0.25, 0.3) is 5.91 Å². The number of benzene rings is 2. The second kappa shape index (κ2) is 8.20. The summed E-state index contributed by atoms with van der Waals surface area (Å²) in [4.78, 5) is 26.5. The fourth-order valence-corrected chi connectivity index (χ4v) is 3.43. The van der Waals surface area contributed by atoms with Gasteiger partial charge in [-0.1, -0.05) is 35.3 Å². The summed E-state index contributed by atoms with van der Waals surface area (Å²) < 4.78 is 44.4. The first-order chi connectivity index (χ1) is 14.3. The fraction of sp³-hybridized carbons (Fsp3) is 0.273. The van der Waals surface area contributed by atoms with Crippen molar-refractivity contribution < 1.29 is 27.5 Å². The van der Waals surface area contributed by atoms with Crippen LogP contribution in [0.15, 0.2) is 42.5 Å². The molecule has 0 N–H and O–H groups in total. The number of alkyl halides is 3. The lowest BCUT2D eigenvalue weighted by Gasteiger charge is -2.23. The van der Waals surface area contributed by atoms with Gasteiger partial charge in [-0.05, 0) is 63.1 Å². The Hall–Kier alpha value is -2.51. The Kier molecular flexibility index (Phi) is 6.13. The van der Waals surface area contributed by atoms with E-state index in [-0.39, 0.29) is 28.3 Å². The molecule has 0 saturated carbocycles. The minimum absolute atomic E-state index is 0.0476. The standard InChI is InChI=1S/C22H18Cl2F3NO3/c1-21(2,3)31-20(30)28-18-11-14(23)6-8-15(18)16(19(28)29)7-4-12-10-13(22(25,26)27)5-9-17(12)24/h5-11H,4H2,1-3H3/b16-7+. The normalized spacial score (nSPS) is 15.4. The number of rotatable bonds is 2.